The number of nitrogens with zero attached hydrogens (tertiary/aromatic N) is 1. The van der Waals surface area contributed by atoms with Crippen molar-refractivity contribution in [1.29, 1.82) is 0 Å². The first kappa shape index (κ1) is 19.0. The smallest absolute Gasteiger partial charge is 0.254 e. The van der Waals surface area contributed by atoms with E-state index >= 15 is 0 Å². The van der Waals surface area contributed by atoms with Crippen molar-refractivity contribution in [3.8, 4) is 5.75 Å². The number of fused-ring (bicyclic) bond motifs is 1. The number of unbranched alkanes of at least 4 members (excludes halogenated alkanes) is 1. The molecule has 0 saturated heterocycles. The molecular formula is C22H26N2O3. The van der Waals surface area contributed by atoms with Gasteiger partial charge in [-0.15, -0.1) is 0 Å². The third kappa shape index (κ3) is 4.30. The molecule has 2 amide bonds. The van der Waals surface area contributed by atoms with Gasteiger partial charge in [-0.3, -0.25) is 9.59 Å². The molecule has 1 aliphatic rings. The Balaban J connectivity index is 1.78. The first-order valence-corrected chi connectivity index (χ1v) is 9.40. The van der Waals surface area contributed by atoms with Crippen molar-refractivity contribution in [2.75, 3.05) is 11.5 Å². The van der Waals surface area contributed by atoms with E-state index < -0.39 is 6.04 Å². The average Bonchev–Trinajstić information content (AvgIpc) is 2.88. The summed E-state index contributed by atoms with van der Waals surface area (Å²) < 4.78 is 5.69. The summed E-state index contributed by atoms with van der Waals surface area (Å²) >= 11 is 0. The quantitative estimate of drug-likeness (QED) is 0.756. The summed E-state index contributed by atoms with van der Waals surface area (Å²) in [6, 6.07) is 13.1. The molecule has 0 aromatic heterocycles. The van der Waals surface area contributed by atoms with E-state index in [0.717, 1.165) is 41.0 Å². The number of anilines is 1. The zero-order chi connectivity index (χ0) is 19.4. The molecule has 1 atom stereocenters. The third-order valence-corrected chi connectivity index (χ3v) is 4.68. The Morgan fingerprint density at radius 2 is 1.93 bits per heavy atom. The summed E-state index contributed by atoms with van der Waals surface area (Å²) in [6.07, 6.45) is 2.13. The second-order valence-electron chi connectivity index (χ2n) is 6.97. The number of amides is 2. The fourth-order valence-electron chi connectivity index (χ4n) is 3.27. The van der Waals surface area contributed by atoms with Crippen molar-refractivity contribution < 1.29 is 14.3 Å². The van der Waals surface area contributed by atoms with Crippen LogP contribution in [-0.2, 0) is 16.1 Å². The van der Waals surface area contributed by atoms with Crippen LogP contribution in [0.15, 0.2) is 42.5 Å². The zero-order valence-electron chi connectivity index (χ0n) is 16.1. The van der Waals surface area contributed by atoms with Crippen molar-refractivity contribution in [2.24, 2.45) is 0 Å². The summed E-state index contributed by atoms with van der Waals surface area (Å²) in [5.74, 6) is 0.525. The van der Waals surface area contributed by atoms with E-state index in [2.05, 4.69) is 12.2 Å². The van der Waals surface area contributed by atoms with Crippen LogP contribution in [0.5, 0.6) is 5.75 Å². The fourth-order valence-corrected chi connectivity index (χ4v) is 3.27. The van der Waals surface area contributed by atoms with Crippen LogP contribution in [0.3, 0.4) is 0 Å². The van der Waals surface area contributed by atoms with Gasteiger partial charge in [-0.25, -0.2) is 0 Å². The van der Waals surface area contributed by atoms with Crippen molar-refractivity contribution >= 4 is 17.5 Å². The van der Waals surface area contributed by atoms with Crippen molar-refractivity contribution in [2.45, 2.75) is 46.2 Å². The molecule has 0 fully saturated rings. The Morgan fingerprint density at radius 3 is 2.59 bits per heavy atom. The van der Waals surface area contributed by atoms with E-state index in [1.54, 1.807) is 4.90 Å². The summed E-state index contributed by atoms with van der Waals surface area (Å²) in [7, 11) is 0. The molecular weight excluding hydrogens is 340 g/mol. The summed E-state index contributed by atoms with van der Waals surface area (Å²) in [6.45, 7) is 6.72. The number of carbonyl (C=O) groups excluding carboxylic acids is 2. The molecule has 1 heterocycles. The molecule has 2 aromatic carbocycles. The van der Waals surface area contributed by atoms with Gasteiger partial charge in [0, 0.05) is 18.2 Å². The van der Waals surface area contributed by atoms with E-state index in [1.807, 2.05) is 49.4 Å². The van der Waals surface area contributed by atoms with E-state index in [-0.39, 0.29) is 11.8 Å². The van der Waals surface area contributed by atoms with Gasteiger partial charge < -0.3 is 15.0 Å². The number of hydrogen-bond acceptors (Lipinski definition) is 3. The second-order valence-corrected chi connectivity index (χ2v) is 6.97. The molecule has 0 aliphatic carbocycles. The standard InChI is InChI=1S/C22H26N2O3/c1-4-5-12-27-18-9-7-17(8-10-18)14-24-20-11-6-15(2)13-19(20)21(22(24)26)23-16(3)25/h6-11,13,21H,4-5,12,14H2,1-3H3,(H,23,25)/t21-/m0/s1. The lowest BCUT2D eigenvalue weighted by Gasteiger charge is -2.18. The van der Waals surface area contributed by atoms with Gasteiger partial charge in [-0.1, -0.05) is 43.2 Å². The first-order valence-electron chi connectivity index (χ1n) is 9.40. The molecule has 5 nitrogen and oxygen atoms in total. The van der Waals surface area contributed by atoms with Gasteiger partial charge in [0.05, 0.1) is 13.2 Å². The summed E-state index contributed by atoms with van der Waals surface area (Å²) in [5, 5.41) is 2.78. The van der Waals surface area contributed by atoms with Crippen LogP contribution in [0.1, 0.15) is 49.4 Å². The number of rotatable bonds is 7. The minimum absolute atomic E-state index is 0.103. The monoisotopic (exact) mass is 366 g/mol. The van der Waals surface area contributed by atoms with Gasteiger partial charge in [-0.05, 0) is 37.1 Å². The van der Waals surface area contributed by atoms with Crippen LogP contribution in [0, 0.1) is 6.92 Å². The van der Waals surface area contributed by atoms with Gasteiger partial charge in [0.1, 0.15) is 11.8 Å². The van der Waals surface area contributed by atoms with Crippen LogP contribution < -0.4 is 15.0 Å². The molecule has 0 spiro atoms. The SMILES string of the molecule is CCCCOc1ccc(CN2C(=O)[C@@H](NC(C)=O)c3cc(C)ccc32)cc1. The molecule has 3 rings (SSSR count). The highest BCUT2D eigenvalue weighted by Gasteiger charge is 2.37. The second kappa shape index (κ2) is 8.25. The van der Waals surface area contributed by atoms with Crippen LogP contribution in [0.4, 0.5) is 5.69 Å². The van der Waals surface area contributed by atoms with E-state index in [0.29, 0.717) is 13.2 Å². The number of hydrogen-bond donors (Lipinski definition) is 1. The predicted molar refractivity (Wildman–Crippen MR) is 106 cm³/mol. The highest BCUT2D eigenvalue weighted by molar-refractivity contribution is 6.06. The van der Waals surface area contributed by atoms with E-state index in [1.165, 1.54) is 6.92 Å². The van der Waals surface area contributed by atoms with Crippen LogP contribution >= 0.6 is 0 Å². The maximum absolute atomic E-state index is 12.9. The number of ether oxygens (including phenoxy) is 1. The lowest BCUT2D eigenvalue weighted by Crippen LogP contribution is -2.36. The van der Waals surface area contributed by atoms with Crippen molar-refractivity contribution in [1.82, 2.24) is 5.32 Å². The molecule has 0 bridgehead atoms. The van der Waals surface area contributed by atoms with Crippen molar-refractivity contribution in [3.05, 3.63) is 59.2 Å². The topological polar surface area (TPSA) is 58.6 Å². The maximum atomic E-state index is 12.9. The lowest BCUT2D eigenvalue weighted by molar-refractivity contribution is -0.126. The van der Waals surface area contributed by atoms with Crippen LogP contribution in [-0.4, -0.2) is 18.4 Å². The molecule has 5 heteroatoms. The van der Waals surface area contributed by atoms with E-state index in [9.17, 15) is 9.59 Å². The van der Waals surface area contributed by atoms with Gasteiger partial charge in [0.15, 0.2) is 0 Å². The van der Waals surface area contributed by atoms with Gasteiger partial charge in [-0.2, -0.15) is 0 Å². The van der Waals surface area contributed by atoms with Gasteiger partial charge in [0.25, 0.3) is 5.91 Å². The molecule has 142 valence electrons. The van der Waals surface area contributed by atoms with Gasteiger partial charge >= 0.3 is 0 Å². The average molecular weight is 366 g/mol. The number of benzene rings is 2. The molecule has 1 N–H and O–H groups in total. The van der Waals surface area contributed by atoms with Crippen molar-refractivity contribution in [3.63, 3.8) is 0 Å². The highest BCUT2D eigenvalue weighted by atomic mass is 16.5. The lowest BCUT2D eigenvalue weighted by atomic mass is 10.1. The normalized spacial score (nSPS) is 15.6. The molecule has 2 aromatic rings. The molecule has 27 heavy (non-hydrogen) atoms. The minimum Gasteiger partial charge on any atom is -0.494 e. The number of carbonyl (C=O) groups is 2. The molecule has 0 saturated carbocycles. The largest absolute Gasteiger partial charge is 0.494 e. The zero-order valence-corrected chi connectivity index (χ0v) is 16.1. The van der Waals surface area contributed by atoms with Gasteiger partial charge in [0.2, 0.25) is 5.91 Å². The molecule has 1 aliphatic heterocycles. The summed E-state index contributed by atoms with van der Waals surface area (Å²) in [4.78, 5) is 26.2. The number of aryl methyl sites for hydroxylation is 1. The minimum atomic E-state index is -0.617. The van der Waals surface area contributed by atoms with E-state index in [4.69, 9.17) is 4.74 Å². The summed E-state index contributed by atoms with van der Waals surface area (Å²) in [5.41, 5.74) is 3.79. The number of nitrogens with one attached hydrogen (secondary N) is 1. The molecule has 0 radical (unpaired) electrons. The maximum Gasteiger partial charge on any atom is 0.254 e. The predicted octanol–water partition coefficient (Wildman–Crippen LogP) is 3.90. The van der Waals surface area contributed by atoms with Crippen LogP contribution in [0.2, 0.25) is 0 Å². The highest BCUT2D eigenvalue weighted by Crippen LogP contribution is 2.37. The Morgan fingerprint density at radius 1 is 1.19 bits per heavy atom. The molecule has 0 unspecified atom stereocenters. The Hall–Kier alpha value is -2.82. The van der Waals surface area contributed by atoms with Crippen LogP contribution in [0.25, 0.3) is 0 Å². The Kier molecular flexibility index (Phi) is 5.79. The third-order valence-electron chi connectivity index (χ3n) is 4.68. The fraction of sp³-hybridized carbons (Fsp3) is 0.364. The first-order chi connectivity index (χ1) is 13.0. The Bertz CT molecular complexity index is 830. The Labute approximate surface area is 160 Å².